The molecule has 3 aromatic carbocycles. The van der Waals surface area contributed by atoms with E-state index in [1.165, 1.54) is 5.56 Å². The summed E-state index contributed by atoms with van der Waals surface area (Å²) in [5, 5.41) is 8.39. The van der Waals surface area contributed by atoms with Crippen molar-refractivity contribution in [1.82, 2.24) is 20.0 Å². The number of amides is 1. The lowest BCUT2D eigenvalue weighted by atomic mass is 10.1. The van der Waals surface area contributed by atoms with Crippen LogP contribution in [0.2, 0.25) is 0 Å². The van der Waals surface area contributed by atoms with Crippen LogP contribution in [-0.2, 0) is 6.54 Å². The lowest BCUT2D eigenvalue weighted by molar-refractivity contribution is 0.0628. The van der Waals surface area contributed by atoms with Gasteiger partial charge < -0.3 is 14.1 Å². The van der Waals surface area contributed by atoms with Crippen LogP contribution < -0.4 is 4.74 Å². The molecule has 0 unspecified atom stereocenters. The van der Waals surface area contributed by atoms with E-state index >= 15 is 0 Å². The zero-order chi connectivity index (χ0) is 24.2. The SMILES string of the molecule is COc1ccc(CN2CCN(C(=O)c3ccc(-c4nnc(-c5ccccc5C)o4)cc3)CC2)cc1. The Balaban J connectivity index is 1.19. The van der Waals surface area contributed by atoms with Gasteiger partial charge in [0, 0.05) is 49.4 Å². The van der Waals surface area contributed by atoms with E-state index in [2.05, 4.69) is 27.2 Å². The summed E-state index contributed by atoms with van der Waals surface area (Å²) >= 11 is 0. The molecule has 4 aromatic rings. The minimum atomic E-state index is 0.0479. The van der Waals surface area contributed by atoms with Crippen molar-refractivity contribution in [1.29, 1.82) is 0 Å². The number of carbonyl (C=O) groups is 1. The number of nitrogens with zero attached hydrogens (tertiary/aromatic N) is 4. The van der Waals surface area contributed by atoms with Crippen LogP contribution in [0.5, 0.6) is 5.75 Å². The second-order valence-corrected chi connectivity index (χ2v) is 8.72. The molecular formula is C28H28N4O3. The molecule has 0 saturated carbocycles. The second kappa shape index (κ2) is 10.1. The summed E-state index contributed by atoms with van der Waals surface area (Å²) in [6.07, 6.45) is 0. The minimum Gasteiger partial charge on any atom is -0.497 e. The van der Waals surface area contributed by atoms with Crippen LogP contribution in [0.4, 0.5) is 0 Å². The van der Waals surface area contributed by atoms with Crippen molar-refractivity contribution in [3.8, 4) is 28.7 Å². The molecule has 1 aromatic heterocycles. The number of aromatic nitrogens is 2. The average molecular weight is 469 g/mol. The fourth-order valence-corrected chi connectivity index (χ4v) is 4.30. The van der Waals surface area contributed by atoms with Gasteiger partial charge in [-0.15, -0.1) is 10.2 Å². The molecule has 0 bridgehead atoms. The van der Waals surface area contributed by atoms with E-state index in [0.29, 0.717) is 30.4 Å². The van der Waals surface area contributed by atoms with Crippen LogP contribution in [0.1, 0.15) is 21.5 Å². The van der Waals surface area contributed by atoms with Gasteiger partial charge in [-0.3, -0.25) is 9.69 Å². The molecule has 1 aliphatic heterocycles. The van der Waals surface area contributed by atoms with Gasteiger partial charge in [0.2, 0.25) is 11.8 Å². The van der Waals surface area contributed by atoms with Gasteiger partial charge in [-0.1, -0.05) is 30.3 Å². The van der Waals surface area contributed by atoms with E-state index in [4.69, 9.17) is 9.15 Å². The highest BCUT2D eigenvalue weighted by atomic mass is 16.5. The van der Waals surface area contributed by atoms with Gasteiger partial charge in [-0.2, -0.15) is 0 Å². The highest BCUT2D eigenvalue weighted by Crippen LogP contribution is 2.26. The molecule has 35 heavy (non-hydrogen) atoms. The molecule has 7 nitrogen and oxygen atoms in total. The fourth-order valence-electron chi connectivity index (χ4n) is 4.30. The minimum absolute atomic E-state index is 0.0479. The van der Waals surface area contributed by atoms with E-state index in [0.717, 1.165) is 42.1 Å². The quantitative estimate of drug-likeness (QED) is 0.409. The summed E-state index contributed by atoms with van der Waals surface area (Å²) in [5.41, 5.74) is 4.69. The Bertz CT molecular complexity index is 1290. The predicted octanol–water partition coefficient (Wildman–Crippen LogP) is 4.68. The number of carbonyl (C=O) groups excluding carboxylic acids is 1. The summed E-state index contributed by atoms with van der Waals surface area (Å²) in [7, 11) is 1.67. The number of hydrogen-bond donors (Lipinski definition) is 0. The van der Waals surface area contributed by atoms with Gasteiger partial charge in [0.25, 0.3) is 5.91 Å². The van der Waals surface area contributed by atoms with Crippen LogP contribution in [0.25, 0.3) is 22.9 Å². The first-order valence-corrected chi connectivity index (χ1v) is 11.8. The van der Waals surface area contributed by atoms with E-state index in [-0.39, 0.29) is 5.91 Å². The Hall–Kier alpha value is -3.97. The maximum Gasteiger partial charge on any atom is 0.253 e. The molecule has 1 aliphatic rings. The molecule has 0 atom stereocenters. The van der Waals surface area contributed by atoms with Gasteiger partial charge in [0.1, 0.15) is 5.75 Å². The van der Waals surface area contributed by atoms with Crippen LogP contribution in [0.3, 0.4) is 0 Å². The van der Waals surface area contributed by atoms with Crippen LogP contribution in [0, 0.1) is 6.92 Å². The molecule has 0 aliphatic carbocycles. The number of methoxy groups -OCH3 is 1. The van der Waals surface area contributed by atoms with Crippen molar-refractivity contribution in [2.75, 3.05) is 33.3 Å². The highest BCUT2D eigenvalue weighted by molar-refractivity contribution is 5.94. The van der Waals surface area contributed by atoms with Crippen molar-refractivity contribution in [2.24, 2.45) is 0 Å². The highest BCUT2D eigenvalue weighted by Gasteiger charge is 2.22. The smallest absolute Gasteiger partial charge is 0.253 e. The van der Waals surface area contributed by atoms with Gasteiger partial charge in [0.05, 0.1) is 7.11 Å². The molecule has 7 heteroatoms. The van der Waals surface area contributed by atoms with Gasteiger partial charge >= 0.3 is 0 Å². The summed E-state index contributed by atoms with van der Waals surface area (Å²) in [5.74, 6) is 1.84. The zero-order valence-electron chi connectivity index (χ0n) is 20.0. The van der Waals surface area contributed by atoms with Crippen LogP contribution in [-0.4, -0.2) is 59.2 Å². The molecule has 178 valence electrons. The third-order valence-corrected chi connectivity index (χ3v) is 6.40. The largest absolute Gasteiger partial charge is 0.497 e. The average Bonchev–Trinajstić information content (AvgIpc) is 3.40. The lowest BCUT2D eigenvalue weighted by Gasteiger charge is -2.34. The van der Waals surface area contributed by atoms with Crippen LogP contribution >= 0.6 is 0 Å². The van der Waals surface area contributed by atoms with Crippen molar-refractivity contribution in [3.05, 3.63) is 89.5 Å². The molecule has 1 saturated heterocycles. The predicted molar refractivity (Wildman–Crippen MR) is 134 cm³/mol. The normalized spacial score (nSPS) is 14.2. The number of rotatable bonds is 6. The number of piperazine rings is 1. The van der Waals surface area contributed by atoms with Crippen molar-refractivity contribution in [2.45, 2.75) is 13.5 Å². The van der Waals surface area contributed by atoms with Crippen molar-refractivity contribution < 1.29 is 13.9 Å². The maximum atomic E-state index is 13.1. The summed E-state index contributed by atoms with van der Waals surface area (Å²) in [4.78, 5) is 17.3. The monoisotopic (exact) mass is 468 g/mol. The Labute approximate surface area is 205 Å². The van der Waals surface area contributed by atoms with Gasteiger partial charge in [-0.05, 0) is 60.5 Å². The Morgan fingerprint density at radius 2 is 1.57 bits per heavy atom. The van der Waals surface area contributed by atoms with Gasteiger partial charge in [-0.25, -0.2) is 0 Å². The first-order valence-electron chi connectivity index (χ1n) is 11.8. The Morgan fingerprint density at radius 1 is 0.886 bits per heavy atom. The molecule has 5 rings (SSSR count). The first kappa shape index (κ1) is 22.8. The topological polar surface area (TPSA) is 71.7 Å². The molecule has 1 fully saturated rings. The molecule has 0 N–H and O–H groups in total. The fraction of sp³-hybridized carbons (Fsp3) is 0.250. The van der Waals surface area contributed by atoms with E-state index in [9.17, 15) is 4.79 Å². The van der Waals surface area contributed by atoms with E-state index in [1.807, 2.05) is 72.5 Å². The third kappa shape index (κ3) is 5.10. The second-order valence-electron chi connectivity index (χ2n) is 8.72. The lowest BCUT2D eigenvalue weighted by Crippen LogP contribution is -2.48. The molecule has 0 radical (unpaired) electrons. The Morgan fingerprint density at radius 3 is 2.26 bits per heavy atom. The van der Waals surface area contributed by atoms with Gasteiger partial charge in [0.15, 0.2) is 0 Å². The molecule has 1 amide bonds. The molecule has 0 spiro atoms. The number of benzene rings is 3. The summed E-state index contributed by atoms with van der Waals surface area (Å²) < 4.78 is 11.1. The first-order chi connectivity index (χ1) is 17.1. The number of aryl methyl sites for hydroxylation is 1. The standard InChI is InChI=1S/C28H28N4O3/c1-20-5-3-4-6-25(20)27-30-29-26(35-27)22-9-11-23(12-10-22)28(33)32-17-15-31(16-18-32)19-21-7-13-24(34-2)14-8-21/h3-14H,15-19H2,1-2H3. The maximum absolute atomic E-state index is 13.1. The van der Waals surface area contributed by atoms with Crippen LogP contribution in [0.15, 0.2) is 77.2 Å². The number of ether oxygens (including phenoxy) is 1. The Kier molecular flexibility index (Phi) is 6.59. The summed E-state index contributed by atoms with van der Waals surface area (Å²) in [6.45, 7) is 5.99. The van der Waals surface area contributed by atoms with Crippen molar-refractivity contribution in [3.63, 3.8) is 0 Å². The van der Waals surface area contributed by atoms with Crippen molar-refractivity contribution >= 4 is 5.91 Å². The zero-order valence-corrected chi connectivity index (χ0v) is 20.0. The molecular weight excluding hydrogens is 440 g/mol. The molecule has 2 heterocycles. The number of hydrogen-bond acceptors (Lipinski definition) is 6. The van der Waals surface area contributed by atoms with E-state index in [1.54, 1.807) is 7.11 Å². The van der Waals surface area contributed by atoms with E-state index < -0.39 is 0 Å². The summed E-state index contributed by atoms with van der Waals surface area (Å²) in [6, 6.07) is 23.4. The third-order valence-electron chi connectivity index (χ3n) is 6.40.